The third kappa shape index (κ3) is 1.69. The van der Waals surface area contributed by atoms with Crippen molar-refractivity contribution < 1.29 is 0 Å². The van der Waals surface area contributed by atoms with Crippen LogP contribution in [0.3, 0.4) is 0 Å². The second-order valence-electron chi connectivity index (χ2n) is 3.41. The molecule has 0 aliphatic carbocycles. The van der Waals surface area contributed by atoms with E-state index in [2.05, 4.69) is 15.3 Å². The second-order valence-corrected chi connectivity index (χ2v) is 3.41. The van der Waals surface area contributed by atoms with Gasteiger partial charge < -0.3 is 16.0 Å². The van der Waals surface area contributed by atoms with Crippen molar-refractivity contribution in [1.82, 2.24) is 15.3 Å². The Morgan fingerprint density at radius 2 is 2.36 bits per heavy atom. The van der Waals surface area contributed by atoms with Gasteiger partial charge in [0.05, 0.1) is 5.69 Å². The number of nitrogens with one attached hydrogen (secondary N) is 2. The molecule has 1 aliphatic heterocycles. The first-order valence-electron chi connectivity index (χ1n) is 4.83. The summed E-state index contributed by atoms with van der Waals surface area (Å²) in [5.74, 6) is 0. The zero-order chi connectivity index (χ0) is 9.97. The standard InChI is InChI=1S/C9H14N4O/c10-3-1-7-6-2-4-11-5-8(6)13-9(14)12-7/h11H,1-5,10H2,(H,12,13,14). The van der Waals surface area contributed by atoms with E-state index in [1.54, 1.807) is 0 Å². The lowest BCUT2D eigenvalue weighted by atomic mass is 10.0. The van der Waals surface area contributed by atoms with Gasteiger partial charge in [-0.05, 0) is 25.1 Å². The lowest BCUT2D eigenvalue weighted by Crippen LogP contribution is -2.30. The van der Waals surface area contributed by atoms with Crippen molar-refractivity contribution in [3.63, 3.8) is 0 Å². The summed E-state index contributed by atoms with van der Waals surface area (Å²) in [6, 6.07) is 0. The van der Waals surface area contributed by atoms with Crippen LogP contribution in [0.4, 0.5) is 0 Å². The van der Waals surface area contributed by atoms with Crippen LogP contribution in [0.2, 0.25) is 0 Å². The molecule has 1 aromatic rings. The molecule has 1 aliphatic rings. The smallest absolute Gasteiger partial charge is 0.330 e. The Hall–Kier alpha value is -1.20. The molecule has 0 saturated heterocycles. The number of hydrogen-bond donors (Lipinski definition) is 3. The van der Waals surface area contributed by atoms with Gasteiger partial charge in [0.15, 0.2) is 0 Å². The van der Waals surface area contributed by atoms with Crippen LogP contribution in [-0.2, 0) is 19.4 Å². The van der Waals surface area contributed by atoms with Crippen molar-refractivity contribution in [3.05, 3.63) is 27.4 Å². The predicted molar refractivity (Wildman–Crippen MR) is 53.0 cm³/mol. The van der Waals surface area contributed by atoms with Crippen molar-refractivity contribution >= 4 is 0 Å². The van der Waals surface area contributed by atoms with Crippen LogP contribution in [0.5, 0.6) is 0 Å². The summed E-state index contributed by atoms with van der Waals surface area (Å²) in [5, 5.41) is 3.21. The number of nitrogens with two attached hydrogens (primary N) is 1. The van der Waals surface area contributed by atoms with Crippen molar-refractivity contribution in [2.75, 3.05) is 13.1 Å². The third-order valence-corrected chi connectivity index (χ3v) is 2.44. The quantitative estimate of drug-likeness (QED) is 0.559. The highest BCUT2D eigenvalue weighted by atomic mass is 16.1. The number of H-pyrrole nitrogens is 1. The van der Waals surface area contributed by atoms with E-state index in [-0.39, 0.29) is 5.69 Å². The zero-order valence-electron chi connectivity index (χ0n) is 7.97. The minimum atomic E-state index is -0.268. The molecule has 0 bridgehead atoms. The summed E-state index contributed by atoms with van der Waals surface area (Å²) in [5.41, 5.74) is 8.22. The fraction of sp³-hybridized carbons (Fsp3) is 0.556. The highest BCUT2D eigenvalue weighted by Gasteiger charge is 2.14. The predicted octanol–water partition coefficient (Wildman–Crippen LogP) is -1.08. The zero-order valence-corrected chi connectivity index (χ0v) is 7.97. The van der Waals surface area contributed by atoms with Crippen LogP contribution in [0.25, 0.3) is 0 Å². The van der Waals surface area contributed by atoms with Gasteiger partial charge >= 0.3 is 5.69 Å². The number of aromatic amines is 1. The SMILES string of the molecule is NCCc1nc(=O)[nH]c2c1CCNC2. The maximum atomic E-state index is 11.2. The molecule has 5 heteroatoms. The lowest BCUT2D eigenvalue weighted by molar-refractivity contribution is 0.610. The number of fused-ring (bicyclic) bond motifs is 1. The van der Waals surface area contributed by atoms with Gasteiger partial charge in [0.1, 0.15) is 0 Å². The minimum Gasteiger partial charge on any atom is -0.330 e. The van der Waals surface area contributed by atoms with E-state index in [9.17, 15) is 4.79 Å². The van der Waals surface area contributed by atoms with Crippen molar-refractivity contribution in [2.45, 2.75) is 19.4 Å². The van der Waals surface area contributed by atoms with Crippen LogP contribution >= 0.6 is 0 Å². The molecule has 0 atom stereocenters. The number of hydrogen-bond acceptors (Lipinski definition) is 4. The molecule has 0 radical (unpaired) electrons. The molecule has 0 amide bonds. The molecule has 5 nitrogen and oxygen atoms in total. The fourth-order valence-electron chi connectivity index (χ4n) is 1.81. The van der Waals surface area contributed by atoms with Gasteiger partial charge in [-0.15, -0.1) is 0 Å². The molecular weight excluding hydrogens is 180 g/mol. The minimum absolute atomic E-state index is 0.268. The van der Waals surface area contributed by atoms with Crippen LogP contribution < -0.4 is 16.7 Å². The van der Waals surface area contributed by atoms with E-state index < -0.39 is 0 Å². The summed E-state index contributed by atoms with van der Waals surface area (Å²) in [6.45, 7) is 2.21. The molecule has 1 aromatic heterocycles. The maximum Gasteiger partial charge on any atom is 0.345 e. The van der Waals surface area contributed by atoms with E-state index >= 15 is 0 Å². The van der Waals surface area contributed by atoms with Crippen molar-refractivity contribution in [2.24, 2.45) is 5.73 Å². The monoisotopic (exact) mass is 194 g/mol. The average molecular weight is 194 g/mol. The van der Waals surface area contributed by atoms with E-state index in [1.807, 2.05) is 0 Å². The van der Waals surface area contributed by atoms with Gasteiger partial charge in [-0.2, -0.15) is 4.98 Å². The Bertz CT molecular complexity index is 385. The molecular formula is C9H14N4O. The first kappa shape index (κ1) is 9.36. The van der Waals surface area contributed by atoms with E-state index in [0.29, 0.717) is 13.0 Å². The Morgan fingerprint density at radius 3 is 3.14 bits per heavy atom. The molecule has 76 valence electrons. The van der Waals surface area contributed by atoms with E-state index in [0.717, 1.165) is 30.9 Å². The topological polar surface area (TPSA) is 83.8 Å². The van der Waals surface area contributed by atoms with Crippen molar-refractivity contribution in [1.29, 1.82) is 0 Å². The van der Waals surface area contributed by atoms with E-state index in [4.69, 9.17) is 5.73 Å². The summed E-state index contributed by atoms with van der Waals surface area (Å²) in [6.07, 6.45) is 1.61. The van der Waals surface area contributed by atoms with Crippen molar-refractivity contribution in [3.8, 4) is 0 Å². The maximum absolute atomic E-state index is 11.2. The van der Waals surface area contributed by atoms with Gasteiger partial charge in [-0.25, -0.2) is 4.79 Å². The molecule has 2 heterocycles. The van der Waals surface area contributed by atoms with Gasteiger partial charge in [-0.3, -0.25) is 0 Å². The first-order valence-corrected chi connectivity index (χ1v) is 4.83. The lowest BCUT2D eigenvalue weighted by Gasteiger charge is -2.18. The molecule has 14 heavy (non-hydrogen) atoms. The Balaban J connectivity index is 2.47. The number of rotatable bonds is 2. The van der Waals surface area contributed by atoms with Crippen LogP contribution in [-0.4, -0.2) is 23.1 Å². The van der Waals surface area contributed by atoms with Gasteiger partial charge in [0, 0.05) is 18.7 Å². The normalized spacial score (nSPS) is 15.2. The molecule has 0 unspecified atom stereocenters. The highest BCUT2D eigenvalue weighted by molar-refractivity contribution is 5.27. The molecule has 0 fully saturated rings. The molecule has 2 rings (SSSR count). The second kappa shape index (κ2) is 3.89. The number of nitrogens with zero attached hydrogens (tertiary/aromatic N) is 1. The van der Waals surface area contributed by atoms with E-state index in [1.165, 1.54) is 5.56 Å². The van der Waals surface area contributed by atoms with Crippen LogP contribution in [0, 0.1) is 0 Å². The van der Waals surface area contributed by atoms with Crippen LogP contribution in [0.1, 0.15) is 17.0 Å². The molecule has 4 N–H and O–H groups in total. The largest absolute Gasteiger partial charge is 0.345 e. The van der Waals surface area contributed by atoms with Gasteiger partial charge in [0.25, 0.3) is 0 Å². The summed E-state index contributed by atoms with van der Waals surface area (Å²) >= 11 is 0. The Labute approximate surface area is 81.7 Å². The Kier molecular flexibility index (Phi) is 2.60. The van der Waals surface area contributed by atoms with Gasteiger partial charge in [0.2, 0.25) is 0 Å². The first-order chi connectivity index (χ1) is 6.81. The average Bonchev–Trinajstić information content (AvgIpc) is 2.18. The third-order valence-electron chi connectivity index (χ3n) is 2.44. The summed E-state index contributed by atoms with van der Waals surface area (Å²) in [7, 11) is 0. The Morgan fingerprint density at radius 1 is 1.50 bits per heavy atom. The summed E-state index contributed by atoms with van der Waals surface area (Å²) < 4.78 is 0. The number of aromatic nitrogens is 2. The molecule has 0 aromatic carbocycles. The molecule has 0 saturated carbocycles. The summed E-state index contributed by atoms with van der Waals surface area (Å²) in [4.78, 5) is 17.9. The fourth-order valence-corrected chi connectivity index (χ4v) is 1.81. The van der Waals surface area contributed by atoms with Crippen LogP contribution in [0.15, 0.2) is 4.79 Å². The highest BCUT2D eigenvalue weighted by Crippen LogP contribution is 2.12. The molecule has 0 spiro atoms. The van der Waals surface area contributed by atoms with Gasteiger partial charge in [-0.1, -0.05) is 0 Å².